The maximum Gasteiger partial charge on any atom is 0.335 e. The second kappa shape index (κ2) is 6.91. The van der Waals surface area contributed by atoms with Gasteiger partial charge >= 0.3 is 5.97 Å². The van der Waals surface area contributed by atoms with Gasteiger partial charge in [-0.2, -0.15) is 0 Å². The Morgan fingerprint density at radius 3 is 2.44 bits per heavy atom. The fraction of sp³-hybridized carbons (Fsp3) is 0.250. The minimum atomic E-state index is -1.07. The predicted octanol–water partition coefficient (Wildman–Crippen LogP) is 6.08. The van der Waals surface area contributed by atoms with Gasteiger partial charge in [0.2, 0.25) is 0 Å². The number of aromatic carboxylic acids is 1. The molecule has 1 aromatic heterocycles. The second-order valence-electron chi connectivity index (χ2n) is 9.99. The van der Waals surface area contributed by atoms with Crippen LogP contribution < -0.4 is 0 Å². The first-order valence-corrected chi connectivity index (χ1v) is 11.8. The lowest BCUT2D eigenvalue weighted by Crippen LogP contribution is -2.50. The Kier molecular flexibility index (Phi) is 4.13. The van der Waals surface area contributed by atoms with Gasteiger partial charge in [0, 0.05) is 34.5 Å². The van der Waals surface area contributed by atoms with E-state index in [2.05, 4.69) is 0 Å². The number of carboxylic acid groups (broad SMARTS) is 1. The highest BCUT2D eigenvalue weighted by Crippen LogP contribution is 2.75. The number of halogens is 3. The summed E-state index contributed by atoms with van der Waals surface area (Å²) in [4.78, 5) is 11.5. The summed E-state index contributed by atoms with van der Waals surface area (Å²) in [7, 11) is 0. The molecule has 3 aromatic carbocycles. The van der Waals surface area contributed by atoms with Crippen LogP contribution in [0.15, 0.2) is 54.6 Å². The third-order valence-electron chi connectivity index (χ3n) is 8.36. The molecule has 5 nitrogen and oxygen atoms in total. The number of epoxide rings is 1. The Bertz CT molecular complexity index is 1610. The maximum absolute atomic E-state index is 14.7. The Morgan fingerprint density at radius 1 is 1.00 bits per heavy atom. The highest BCUT2D eigenvalue weighted by atomic mass is 19.2. The fourth-order valence-corrected chi connectivity index (χ4v) is 6.81. The molecule has 2 aliphatic carbocycles. The lowest BCUT2D eigenvalue weighted by atomic mass is 9.59. The Morgan fingerprint density at radius 2 is 1.78 bits per heavy atom. The van der Waals surface area contributed by atoms with E-state index in [1.807, 2.05) is 0 Å². The molecule has 0 amide bonds. The zero-order valence-corrected chi connectivity index (χ0v) is 18.9. The first-order chi connectivity index (χ1) is 17.3. The van der Waals surface area contributed by atoms with Crippen molar-refractivity contribution in [2.24, 2.45) is 0 Å². The maximum atomic E-state index is 14.7. The number of nitrogens with zero attached hydrogens (tertiary/aromatic N) is 1. The van der Waals surface area contributed by atoms with E-state index in [-0.39, 0.29) is 23.0 Å². The smallest absolute Gasteiger partial charge is 0.335 e. The molecule has 2 saturated carbocycles. The van der Waals surface area contributed by atoms with Gasteiger partial charge in [-0.1, -0.05) is 12.1 Å². The zero-order valence-electron chi connectivity index (χ0n) is 18.9. The minimum absolute atomic E-state index is 0.102. The Hall–Kier alpha value is -3.78. The Balaban J connectivity index is 1.62. The van der Waals surface area contributed by atoms with Gasteiger partial charge < -0.3 is 19.5 Å². The van der Waals surface area contributed by atoms with E-state index in [0.29, 0.717) is 27.7 Å². The summed E-state index contributed by atoms with van der Waals surface area (Å²) in [6.45, 7) is 0. The number of aromatic nitrogens is 1. The molecule has 3 atom stereocenters. The highest BCUT2D eigenvalue weighted by Gasteiger charge is 2.81. The van der Waals surface area contributed by atoms with Crippen LogP contribution in [0.4, 0.5) is 13.2 Å². The molecule has 36 heavy (non-hydrogen) atoms. The third kappa shape index (κ3) is 2.57. The summed E-state index contributed by atoms with van der Waals surface area (Å²) in [5.74, 6) is -4.08. The number of ether oxygens (including phenoxy) is 1. The van der Waals surface area contributed by atoms with Crippen LogP contribution in [0.25, 0.3) is 27.7 Å². The lowest BCUT2D eigenvalue weighted by molar-refractivity contribution is 0.0697. The molecule has 1 saturated heterocycles. The summed E-state index contributed by atoms with van der Waals surface area (Å²) in [5, 5.41) is 20.7. The van der Waals surface area contributed by atoms with Crippen molar-refractivity contribution in [3.8, 4) is 22.6 Å². The molecule has 2 heterocycles. The number of rotatable bonds is 4. The number of carboxylic acids is 1. The van der Waals surface area contributed by atoms with E-state index in [9.17, 15) is 28.2 Å². The van der Waals surface area contributed by atoms with E-state index in [4.69, 9.17) is 4.74 Å². The largest absolute Gasteiger partial charge is 0.507 e. The molecule has 3 unspecified atom stereocenters. The SMILES string of the molecule is O=C(O)c1ccc(-c2c(C34CCCC35OC5C4)n(-c3ccc(F)c(F)c3)c3cc(F)cc(O)c23)cc1. The topological polar surface area (TPSA) is 75.0 Å². The number of phenolic OH excluding ortho intramolecular Hbond substituents is 1. The normalized spacial score (nSPS) is 25.9. The summed E-state index contributed by atoms with van der Waals surface area (Å²) < 4.78 is 50.9. The van der Waals surface area contributed by atoms with E-state index in [0.717, 1.165) is 49.6 Å². The first kappa shape index (κ1) is 21.5. The number of phenols is 1. The van der Waals surface area contributed by atoms with Crippen molar-refractivity contribution >= 4 is 16.9 Å². The number of hydrogen-bond acceptors (Lipinski definition) is 3. The molecule has 182 valence electrons. The Labute approximate surface area is 203 Å². The van der Waals surface area contributed by atoms with Crippen molar-refractivity contribution in [2.45, 2.75) is 42.8 Å². The van der Waals surface area contributed by atoms with Gasteiger partial charge in [0.15, 0.2) is 11.6 Å². The molecule has 8 heteroatoms. The van der Waals surface area contributed by atoms with Gasteiger partial charge in [-0.3, -0.25) is 0 Å². The molecule has 7 rings (SSSR count). The van der Waals surface area contributed by atoms with Crippen molar-refractivity contribution in [3.63, 3.8) is 0 Å². The van der Waals surface area contributed by atoms with Crippen molar-refractivity contribution in [2.75, 3.05) is 0 Å². The van der Waals surface area contributed by atoms with Crippen molar-refractivity contribution in [1.82, 2.24) is 4.57 Å². The lowest BCUT2D eigenvalue weighted by Gasteiger charge is -2.42. The van der Waals surface area contributed by atoms with Gasteiger partial charge in [0.1, 0.15) is 17.2 Å². The van der Waals surface area contributed by atoms with Crippen molar-refractivity contribution < 1.29 is 32.9 Å². The van der Waals surface area contributed by atoms with Crippen LogP contribution in [-0.2, 0) is 10.2 Å². The quantitative estimate of drug-likeness (QED) is 0.339. The van der Waals surface area contributed by atoms with Gasteiger partial charge in [-0.15, -0.1) is 0 Å². The van der Waals surface area contributed by atoms with E-state index in [1.165, 1.54) is 24.3 Å². The van der Waals surface area contributed by atoms with E-state index >= 15 is 0 Å². The number of benzene rings is 3. The number of aromatic hydroxyl groups is 1. The molecule has 1 aliphatic heterocycles. The molecular weight excluding hydrogens is 471 g/mol. The van der Waals surface area contributed by atoms with Crippen LogP contribution in [0.3, 0.4) is 0 Å². The van der Waals surface area contributed by atoms with Gasteiger partial charge in [-0.25, -0.2) is 18.0 Å². The molecular formula is C28H20F3NO4. The third-order valence-corrected chi connectivity index (χ3v) is 8.36. The molecule has 2 N–H and O–H groups in total. The van der Waals surface area contributed by atoms with Crippen molar-refractivity contribution in [1.29, 1.82) is 0 Å². The highest BCUT2D eigenvalue weighted by molar-refractivity contribution is 6.04. The summed E-state index contributed by atoms with van der Waals surface area (Å²) >= 11 is 0. The molecule has 0 bridgehead atoms. The summed E-state index contributed by atoms with van der Waals surface area (Å²) in [6.07, 6.45) is 3.38. The van der Waals surface area contributed by atoms with Crippen LogP contribution >= 0.6 is 0 Å². The second-order valence-corrected chi connectivity index (χ2v) is 9.99. The molecule has 1 spiro atoms. The van der Waals surface area contributed by atoms with Crippen LogP contribution in [0.5, 0.6) is 5.75 Å². The van der Waals surface area contributed by atoms with Crippen molar-refractivity contribution in [3.05, 3.63) is 83.3 Å². The van der Waals surface area contributed by atoms with E-state index in [1.54, 1.807) is 16.7 Å². The first-order valence-electron chi connectivity index (χ1n) is 11.8. The molecule has 0 radical (unpaired) electrons. The number of hydrogen-bond donors (Lipinski definition) is 2. The average Bonchev–Trinajstić information content (AvgIpc) is 3.13. The molecule has 3 fully saturated rings. The zero-order chi connectivity index (χ0) is 25.0. The monoisotopic (exact) mass is 491 g/mol. The van der Waals surface area contributed by atoms with Crippen LogP contribution in [0, 0.1) is 17.5 Å². The van der Waals surface area contributed by atoms with Gasteiger partial charge in [0.05, 0.1) is 22.6 Å². The van der Waals surface area contributed by atoms with Crippen LogP contribution in [0.1, 0.15) is 41.7 Å². The fourth-order valence-electron chi connectivity index (χ4n) is 6.81. The number of carbonyl (C=O) groups is 1. The van der Waals surface area contributed by atoms with Gasteiger partial charge in [0.25, 0.3) is 0 Å². The van der Waals surface area contributed by atoms with Crippen LogP contribution in [-0.4, -0.2) is 32.5 Å². The standard InChI is InChI=1S/C28H20F3NO4/c29-16-10-20-24(21(33)11-16)23(14-2-4-15(5-3-14)26(34)35)25(27-8-1-9-28(27)22(13-27)36-28)32(20)17-6-7-18(30)19(31)12-17/h2-7,10-12,22,33H,1,8-9,13H2,(H,34,35). The minimum Gasteiger partial charge on any atom is -0.507 e. The predicted molar refractivity (Wildman–Crippen MR) is 125 cm³/mol. The average molecular weight is 491 g/mol. The van der Waals surface area contributed by atoms with Gasteiger partial charge in [-0.05, 0) is 61.6 Å². The summed E-state index contributed by atoms with van der Waals surface area (Å²) in [5.41, 5.74) is 1.85. The summed E-state index contributed by atoms with van der Waals surface area (Å²) in [6, 6.07) is 12.1. The molecule has 3 aliphatic rings. The molecule has 4 aromatic rings. The number of fused-ring (bicyclic) bond motifs is 1. The van der Waals surface area contributed by atoms with Crippen LogP contribution in [0.2, 0.25) is 0 Å². The van der Waals surface area contributed by atoms with E-state index < -0.39 is 28.8 Å².